The maximum atomic E-state index is 12.8. The molecule has 1 fully saturated rings. The standard InChI is InChI=1S/C25H24ClN3O/c26-21-7-8-22-19(15-21)6-5-18-3-2-12-28-24(18)23(22)17-9-13-29(14-10-17)25(30)20-4-1-11-27-16-20/h1-4,7-8,11,15-16,28H,5-6,9-10,12-14H2. The first kappa shape index (κ1) is 19.1. The molecule has 1 saturated heterocycles. The van der Waals surface area contributed by atoms with Crippen LogP contribution in [-0.2, 0) is 6.42 Å². The molecule has 0 unspecified atom stereocenters. The average molecular weight is 418 g/mol. The quantitative estimate of drug-likeness (QED) is 0.725. The summed E-state index contributed by atoms with van der Waals surface area (Å²) in [7, 11) is 0. The van der Waals surface area contributed by atoms with Crippen molar-refractivity contribution in [2.45, 2.75) is 25.7 Å². The fourth-order valence-electron chi connectivity index (χ4n) is 4.70. The summed E-state index contributed by atoms with van der Waals surface area (Å²) in [5.41, 5.74) is 8.63. The Hall–Kier alpha value is -2.85. The first-order chi connectivity index (χ1) is 14.7. The third-order valence-electron chi connectivity index (χ3n) is 6.20. The number of benzene rings is 1. The fraction of sp³-hybridized carbons (Fsp3) is 0.280. The molecule has 3 aliphatic rings. The normalized spacial score (nSPS) is 18.5. The van der Waals surface area contributed by atoms with Gasteiger partial charge < -0.3 is 10.2 Å². The van der Waals surface area contributed by atoms with Gasteiger partial charge in [-0.25, -0.2) is 0 Å². The Morgan fingerprint density at radius 3 is 2.77 bits per heavy atom. The van der Waals surface area contributed by atoms with Crippen LogP contribution in [0.2, 0.25) is 5.02 Å². The van der Waals surface area contributed by atoms with Gasteiger partial charge in [0.25, 0.3) is 5.91 Å². The van der Waals surface area contributed by atoms with Crippen LogP contribution in [-0.4, -0.2) is 35.4 Å². The molecular weight excluding hydrogens is 394 g/mol. The molecule has 0 radical (unpaired) electrons. The molecule has 5 rings (SSSR count). The van der Waals surface area contributed by atoms with E-state index in [0.717, 1.165) is 50.3 Å². The van der Waals surface area contributed by atoms with Gasteiger partial charge in [-0.3, -0.25) is 9.78 Å². The monoisotopic (exact) mass is 417 g/mol. The molecule has 1 aromatic heterocycles. The number of nitrogens with one attached hydrogen (secondary N) is 1. The van der Waals surface area contributed by atoms with Gasteiger partial charge in [0.1, 0.15) is 0 Å². The van der Waals surface area contributed by atoms with Crippen molar-refractivity contribution in [3.05, 3.63) is 93.4 Å². The molecule has 0 saturated carbocycles. The molecule has 0 spiro atoms. The summed E-state index contributed by atoms with van der Waals surface area (Å²) in [5.74, 6) is 0.0684. The number of hydrogen-bond donors (Lipinski definition) is 1. The van der Waals surface area contributed by atoms with Gasteiger partial charge in [0.2, 0.25) is 0 Å². The molecule has 5 heteroatoms. The number of rotatable bonds is 1. The number of allylic oxidation sites excluding steroid dienone is 3. The Balaban J connectivity index is 1.50. The zero-order chi connectivity index (χ0) is 20.5. The number of hydrogen-bond acceptors (Lipinski definition) is 3. The number of aryl methyl sites for hydroxylation is 1. The Morgan fingerprint density at radius 1 is 1.10 bits per heavy atom. The number of pyridine rings is 1. The lowest BCUT2D eigenvalue weighted by molar-refractivity contribution is 0.0743. The van der Waals surface area contributed by atoms with E-state index >= 15 is 0 Å². The molecule has 3 heterocycles. The van der Waals surface area contributed by atoms with Crippen molar-refractivity contribution < 1.29 is 4.79 Å². The van der Waals surface area contributed by atoms with Crippen LogP contribution in [0.25, 0.3) is 5.57 Å². The summed E-state index contributed by atoms with van der Waals surface area (Å²) in [5, 5.41) is 4.43. The number of carbonyl (C=O) groups is 1. The summed E-state index contributed by atoms with van der Waals surface area (Å²) >= 11 is 6.32. The molecule has 4 nitrogen and oxygen atoms in total. The highest BCUT2D eigenvalue weighted by molar-refractivity contribution is 6.30. The highest BCUT2D eigenvalue weighted by atomic mass is 35.5. The lowest BCUT2D eigenvalue weighted by Gasteiger charge is -2.31. The van der Waals surface area contributed by atoms with Crippen molar-refractivity contribution in [1.82, 2.24) is 15.2 Å². The second-order valence-corrected chi connectivity index (χ2v) is 8.43. The van der Waals surface area contributed by atoms with Crippen molar-refractivity contribution in [2.24, 2.45) is 0 Å². The topological polar surface area (TPSA) is 45.2 Å². The zero-order valence-electron chi connectivity index (χ0n) is 16.8. The molecule has 1 amide bonds. The van der Waals surface area contributed by atoms with E-state index in [1.165, 1.54) is 33.5 Å². The largest absolute Gasteiger partial charge is 0.381 e. The van der Waals surface area contributed by atoms with E-state index in [-0.39, 0.29) is 5.91 Å². The van der Waals surface area contributed by atoms with Crippen LogP contribution in [0.1, 0.15) is 40.7 Å². The first-order valence-electron chi connectivity index (χ1n) is 10.5. The molecular formula is C25H24ClN3O. The molecule has 1 aliphatic carbocycles. The SMILES string of the molecule is O=C(c1cccnc1)N1CCC(=C2C3=C(C=CCN3)CCc3cc(Cl)ccc32)CC1. The first-order valence-corrected chi connectivity index (χ1v) is 10.9. The number of carbonyl (C=O) groups excluding carboxylic acids is 1. The minimum atomic E-state index is 0.0684. The molecule has 1 N–H and O–H groups in total. The molecule has 0 bridgehead atoms. The third-order valence-corrected chi connectivity index (χ3v) is 6.44. The molecule has 30 heavy (non-hydrogen) atoms. The summed E-state index contributed by atoms with van der Waals surface area (Å²) < 4.78 is 0. The van der Waals surface area contributed by atoms with E-state index in [4.69, 9.17) is 11.6 Å². The van der Waals surface area contributed by atoms with Crippen LogP contribution in [0, 0.1) is 0 Å². The summed E-state index contributed by atoms with van der Waals surface area (Å²) in [6.45, 7) is 2.31. The smallest absolute Gasteiger partial charge is 0.255 e. The highest BCUT2D eigenvalue weighted by Gasteiger charge is 2.27. The van der Waals surface area contributed by atoms with E-state index in [1.54, 1.807) is 12.4 Å². The van der Waals surface area contributed by atoms with E-state index < -0.39 is 0 Å². The number of nitrogens with zero attached hydrogens (tertiary/aromatic N) is 2. The van der Waals surface area contributed by atoms with Crippen molar-refractivity contribution in [3.63, 3.8) is 0 Å². The van der Waals surface area contributed by atoms with Crippen LogP contribution in [0.15, 0.2) is 71.7 Å². The lowest BCUT2D eigenvalue weighted by Crippen LogP contribution is -2.37. The number of piperidine rings is 1. The number of dihydropyridines is 1. The number of halogens is 1. The van der Waals surface area contributed by atoms with Crippen molar-refractivity contribution >= 4 is 23.1 Å². The zero-order valence-corrected chi connectivity index (χ0v) is 17.6. The lowest BCUT2D eigenvalue weighted by atomic mass is 9.88. The van der Waals surface area contributed by atoms with Crippen LogP contribution in [0.3, 0.4) is 0 Å². The Bertz CT molecular complexity index is 1070. The van der Waals surface area contributed by atoms with Crippen molar-refractivity contribution in [2.75, 3.05) is 19.6 Å². The van der Waals surface area contributed by atoms with E-state index in [0.29, 0.717) is 5.56 Å². The predicted octanol–water partition coefficient (Wildman–Crippen LogP) is 4.78. The molecule has 0 atom stereocenters. The summed E-state index contributed by atoms with van der Waals surface area (Å²) in [4.78, 5) is 18.9. The van der Waals surface area contributed by atoms with Crippen LogP contribution in [0.5, 0.6) is 0 Å². The third kappa shape index (κ3) is 3.56. The van der Waals surface area contributed by atoms with Gasteiger partial charge in [-0.15, -0.1) is 0 Å². The Kier molecular flexibility index (Phi) is 5.17. The summed E-state index contributed by atoms with van der Waals surface area (Å²) in [6, 6.07) is 9.93. The second-order valence-electron chi connectivity index (χ2n) is 8.00. The number of amides is 1. The fourth-order valence-corrected chi connectivity index (χ4v) is 4.90. The Morgan fingerprint density at radius 2 is 1.97 bits per heavy atom. The number of likely N-dealkylation sites (tertiary alicyclic amines) is 1. The highest BCUT2D eigenvalue weighted by Crippen LogP contribution is 2.40. The predicted molar refractivity (Wildman–Crippen MR) is 120 cm³/mol. The van der Waals surface area contributed by atoms with Gasteiger partial charge in [-0.1, -0.05) is 35.4 Å². The van der Waals surface area contributed by atoms with Gasteiger partial charge in [0.05, 0.1) is 5.56 Å². The molecule has 1 aromatic carbocycles. The van der Waals surface area contributed by atoms with Gasteiger partial charge in [0.15, 0.2) is 0 Å². The van der Waals surface area contributed by atoms with E-state index in [9.17, 15) is 4.79 Å². The van der Waals surface area contributed by atoms with Gasteiger partial charge >= 0.3 is 0 Å². The molecule has 152 valence electrons. The van der Waals surface area contributed by atoms with Crippen molar-refractivity contribution in [1.29, 1.82) is 0 Å². The van der Waals surface area contributed by atoms with Crippen LogP contribution < -0.4 is 5.32 Å². The molecule has 2 aliphatic heterocycles. The summed E-state index contributed by atoms with van der Waals surface area (Å²) in [6.07, 6.45) is 11.6. The maximum absolute atomic E-state index is 12.8. The maximum Gasteiger partial charge on any atom is 0.255 e. The molecule has 2 aromatic rings. The number of fused-ring (bicyclic) bond motifs is 1. The number of aromatic nitrogens is 1. The van der Waals surface area contributed by atoms with Gasteiger partial charge in [0, 0.05) is 48.3 Å². The second kappa shape index (κ2) is 8.11. The van der Waals surface area contributed by atoms with Crippen LogP contribution >= 0.6 is 11.6 Å². The minimum Gasteiger partial charge on any atom is -0.381 e. The van der Waals surface area contributed by atoms with Crippen molar-refractivity contribution in [3.8, 4) is 0 Å². The minimum absolute atomic E-state index is 0.0684. The van der Waals surface area contributed by atoms with E-state index in [2.05, 4.69) is 34.6 Å². The average Bonchev–Trinajstić information content (AvgIpc) is 2.96. The van der Waals surface area contributed by atoms with Gasteiger partial charge in [-0.2, -0.15) is 0 Å². The van der Waals surface area contributed by atoms with E-state index in [1.807, 2.05) is 23.1 Å². The van der Waals surface area contributed by atoms with Crippen LogP contribution in [0.4, 0.5) is 0 Å². The Labute approximate surface area is 182 Å². The van der Waals surface area contributed by atoms with Gasteiger partial charge in [-0.05, 0) is 66.6 Å².